The minimum absolute atomic E-state index is 0.558. The van der Waals surface area contributed by atoms with Crippen LogP contribution in [0.3, 0.4) is 0 Å². The van der Waals surface area contributed by atoms with Crippen molar-refractivity contribution in [2.75, 3.05) is 32.7 Å². The summed E-state index contributed by atoms with van der Waals surface area (Å²) in [5.41, 5.74) is 0. The van der Waals surface area contributed by atoms with Crippen LogP contribution >= 0.6 is 0 Å². The van der Waals surface area contributed by atoms with Crippen molar-refractivity contribution in [1.82, 2.24) is 10.2 Å². The monoisotopic (exact) mass is 240 g/mol. The molecule has 17 heavy (non-hydrogen) atoms. The molecule has 2 atom stereocenters. The molecule has 0 aromatic heterocycles. The van der Waals surface area contributed by atoms with Crippen molar-refractivity contribution in [3.8, 4) is 0 Å². The van der Waals surface area contributed by atoms with E-state index in [1.54, 1.807) is 0 Å². The Morgan fingerprint density at radius 2 is 1.76 bits per heavy atom. The molecule has 2 saturated heterocycles. The fourth-order valence-electron chi connectivity index (χ4n) is 3.00. The zero-order valence-corrected chi connectivity index (χ0v) is 11.3. The van der Waals surface area contributed by atoms with Crippen LogP contribution in [0, 0.1) is 0 Å². The van der Waals surface area contributed by atoms with Crippen LogP contribution in [-0.2, 0) is 4.74 Å². The van der Waals surface area contributed by atoms with Gasteiger partial charge in [0.15, 0.2) is 0 Å². The second-order valence-corrected chi connectivity index (χ2v) is 5.48. The van der Waals surface area contributed by atoms with Crippen molar-refractivity contribution in [2.24, 2.45) is 0 Å². The molecule has 100 valence electrons. The molecule has 2 bridgehead atoms. The Kier molecular flexibility index (Phi) is 5.75. The van der Waals surface area contributed by atoms with Crippen molar-refractivity contribution in [1.29, 1.82) is 0 Å². The van der Waals surface area contributed by atoms with E-state index in [-0.39, 0.29) is 0 Å². The number of ether oxygens (including phenoxy) is 1. The molecule has 2 fully saturated rings. The van der Waals surface area contributed by atoms with Crippen molar-refractivity contribution in [2.45, 2.75) is 57.7 Å². The van der Waals surface area contributed by atoms with Crippen molar-refractivity contribution in [3.05, 3.63) is 0 Å². The minimum atomic E-state index is 0.558. The molecular weight excluding hydrogens is 212 g/mol. The van der Waals surface area contributed by atoms with Gasteiger partial charge in [-0.3, -0.25) is 4.90 Å². The molecule has 0 aliphatic carbocycles. The maximum Gasteiger partial charge on any atom is 0.0707 e. The van der Waals surface area contributed by atoms with Crippen LogP contribution in [-0.4, -0.2) is 49.8 Å². The van der Waals surface area contributed by atoms with Gasteiger partial charge in [0, 0.05) is 13.1 Å². The topological polar surface area (TPSA) is 24.5 Å². The normalized spacial score (nSPS) is 28.8. The number of nitrogens with zero attached hydrogens (tertiary/aromatic N) is 1. The minimum Gasteiger partial charge on any atom is -0.372 e. The van der Waals surface area contributed by atoms with E-state index in [0.717, 1.165) is 6.54 Å². The number of morpholine rings is 1. The van der Waals surface area contributed by atoms with Crippen LogP contribution in [0.15, 0.2) is 0 Å². The number of hydrogen-bond acceptors (Lipinski definition) is 3. The molecule has 0 saturated carbocycles. The standard InChI is InChI=1S/C14H28N2O/c1-2-15-9-5-3-4-6-10-16-11-13-7-8-14(12-16)17-13/h13-15H,2-12H2,1H3. The highest BCUT2D eigenvalue weighted by Crippen LogP contribution is 2.26. The zero-order valence-electron chi connectivity index (χ0n) is 11.3. The van der Waals surface area contributed by atoms with E-state index in [9.17, 15) is 0 Å². The summed E-state index contributed by atoms with van der Waals surface area (Å²) in [6.07, 6.45) is 9.18. The Bertz CT molecular complexity index is 198. The van der Waals surface area contributed by atoms with Gasteiger partial charge in [-0.2, -0.15) is 0 Å². The first kappa shape index (κ1) is 13.3. The summed E-state index contributed by atoms with van der Waals surface area (Å²) in [7, 11) is 0. The van der Waals surface area contributed by atoms with Crippen molar-refractivity contribution < 1.29 is 4.74 Å². The van der Waals surface area contributed by atoms with Gasteiger partial charge in [-0.1, -0.05) is 19.8 Å². The first-order valence-electron chi connectivity index (χ1n) is 7.47. The smallest absolute Gasteiger partial charge is 0.0707 e. The first-order valence-corrected chi connectivity index (χ1v) is 7.47. The molecule has 0 amide bonds. The summed E-state index contributed by atoms with van der Waals surface area (Å²) in [5.74, 6) is 0. The van der Waals surface area contributed by atoms with E-state index in [1.165, 1.54) is 64.7 Å². The summed E-state index contributed by atoms with van der Waals surface area (Å²) in [6.45, 7) is 8.14. The molecule has 2 aliphatic rings. The maximum atomic E-state index is 5.85. The molecule has 3 nitrogen and oxygen atoms in total. The number of rotatable bonds is 8. The molecule has 0 radical (unpaired) electrons. The Hall–Kier alpha value is -0.120. The molecule has 0 spiro atoms. The summed E-state index contributed by atoms with van der Waals surface area (Å²) in [6, 6.07) is 0. The van der Waals surface area contributed by atoms with Gasteiger partial charge in [-0.15, -0.1) is 0 Å². The van der Waals surface area contributed by atoms with Crippen LogP contribution in [0.5, 0.6) is 0 Å². The number of hydrogen-bond donors (Lipinski definition) is 1. The van der Waals surface area contributed by atoms with Crippen LogP contribution in [0.4, 0.5) is 0 Å². The highest BCUT2D eigenvalue weighted by Gasteiger charge is 2.32. The largest absolute Gasteiger partial charge is 0.372 e. The molecular formula is C14H28N2O. The van der Waals surface area contributed by atoms with Crippen LogP contribution in [0.2, 0.25) is 0 Å². The lowest BCUT2D eigenvalue weighted by molar-refractivity contribution is -0.0385. The van der Waals surface area contributed by atoms with Crippen LogP contribution in [0.1, 0.15) is 45.4 Å². The molecule has 0 aromatic rings. The second kappa shape index (κ2) is 7.34. The summed E-state index contributed by atoms with van der Waals surface area (Å²) in [4.78, 5) is 2.62. The first-order chi connectivity index (χ1) is 8.38. The van der Waals surface area contributed by atoms with E-state index in [4.69, 9.17) is 4.74 Å². The van der Waals surface area contributed by atoms with Gasteiger partial charge in [-0.25, -0.2) is 0 Å². The third kappa shape index (κ3) is 4.57. The SMILES string of the molecule is CCNCCCCCCN1CC2CCC(C1)O2. The number of likely N-dealkylation sites (tertiary alicyclic amines) is 1. The average Bonchev–Trinajstić information content (AvgIpc) is 2.68. The Morgan fingerprint density at radius 1 is 1.06 bits per heavy atom. The van der Waals surface area contributed by atoms with E-state index in [0.29, 0.717) is 12.2 Å². The van der Waals surface area contributed by atoms with Crippen LogP contribution < -0.4 is 5.32 Å². The fraction of sp³-hybridized carbons (Fsp3) is 1.00. The van der Waals surface area contributed by atoms with Gasteiger partial charge in [0.1, 0.15) is 0 Å². The van der Waals surface area contributed by atoms with E-state index in [1.807, 2.05) is 0 Å². The molecule has 2 unspecified atom stereocenters. The van der Waals surface area contributed by atoms with Gasteiger partial charge < -0.3 is 10.1 Å². The predicted octanol–water partition coefficient (Wildman–Crippen LogP) is 2.02. The maximum absolute atomic E-state index is 5.85. The van der Waals surface area contributed by atoms with Gasteiger partial charge >= 0.3 is 0 Å². The summed E-state index contributed by atoms with van der Waals surface area (Å²) >= 11 is 0. The quantitative estimate of drug-likeness (QED) is 0.657. The van der Waals surface area contributed by atoms with Crippen molar-refractivity contribution in [3.63, 3.8) is 0 Å². The Labute approximate surface area is 106 Å². The Morgan fingerprint density at radius 3 is 2.47 bits per heavy atom. The van der Waals surface area contributed by atoms with Crippen LogP contribution in [0.25, 0.3) is 0 Å². The van der Waals surface area contributed by atoms with Gasteiger partial charge in [0.25, 0.3) is 0 Å². The zero-order chi connectivity index (χ0) is 11.9. The lowest BCUT2D eigenvalue weighted by Crippen LogP contribution is -2.42. The summed E-state index contributed by atoms with van der Waals surface area (Å²) in [5, 5.41) is 3.38. The highest BCUT2D eigenvalue weighted by atomic mass is 16.5. The van der Waals surface area contributed by atoms with Gasteiger partial charge in [0.05, 0.1) is 12.2 Å². The van der Waals surface area contributed by atoms with E-state index in [2.05, 4.69) is 17.1 Å². The lowest BCUT2D eigenvalue weighted by Gasteiger charge is -2.32. The fourth-order valence-corrected chi connectivity index (χ4v) is 3.00. The predicted molar refractivity (Wildman–Crippen MR) is 71.3 cm³/mol. The Balaban J connectivity index is 1.45. The number of fused-ring (bicyclic) bond motifs is 2. The van der Waals surface area contributed by atoms with Crippen molar-refractivity contribution >= 4 is 0 Å². The highest BCUT2D eigenvalue weighted by molar-refractivity contribution is 4.84. The molecule has 2 aliphatic heterocycles. The molecule has 0 aromatic carbocycles. The lowest BCUT2D eigenvalue weighted by atomic mass is 10.1. The molecule has 2 rings (SSSR count). The molecule has 1 N–H and O–H groups in total. The van der Waals surface area contributed by atoms with E-state index < -0.39 is 0 Å². The number of nitrogens with one attached hydrogen (secondary N) is 1. The third-order valence-corrected chi connectivity index (χ3v) is 3.95. The van der Waals surface area contributed by atoms with Gasteiger partial charge in [-0.05, 0) is 45.3 Å². The summed E-state index contributed by atoms with van der Waals surface area (Å²) < 4.78 is 5.85. The average molecular weight is 240 g/mol. The molecule has 2 heterocycles. The number of unbranched alkanes of at least 4 members (excludes halogenated alkanes) is 3. The molecule has 3 heteroatoms. The van der Waals surface area contributed by atoms with E-state index >= 15 is 0 Å². The third-order valence-electron chi connectivity index (χ3n) is 3.95. The second-order valence-electron chi connectivity index (χ2n) is 5.48. The van der Waals surface area contributed by atoms with Gasteiger partial charge in [0.2, 0.25) is 0 Å².